The molecule has 1 heterocycles. The van der Waals surface area contributed by atoms with E-state index in [2.05, 4.69) is 5.16 Å². The van der Waals surface area contributed by atoms with Crippen LogP contribution in [0.3, 0.4) is 0 Å². The summed E-state index contributed by atoms with van der Waals surface area (Å²) in [6.45, 7) is 2.25. The van der Waals surface area contributed by atoms with Gasteiger partial charge in [-0.15, -0.1) is 5.56 Å². The van der Waals surface area contributed by atoms with Gasteiger partial charge in [0.25, 0.3) is 0 Å². The molecule has 0 unspecified atom stereocenters. The molecule has 0 saturated carbocycles. The summed E-state index contributed by atoms with van der Waals surface area (Å²) >= 11 is 0. The van der Waals surface area contributed by atoms with E-state index in [4.69, 9.17) is 9.26 Å². The van der Waals surface area contributed by atoms with Gasteiger partial charge in [-0.3, -0.25) is 0 Å². The molecule has 4 aromatic rings. The van der Waals surface area contributed by atoms with Gasteiger partial charge in [0.2, 0.25) is 0 Å². The zero-order valence-electron chi connectivity index (χ0n) is 14.8. The van der Waals surface area contributed by atoms with Crippen LogP contribution in [0.1, 0.15) is 21.6 Å². The molecule has 0 fully saturated rings. The molecule has 4 rings (SSSR count). The summed E-state index contributed by atoms with van der Waals surface area (Å²) in [4.78, 5) is 11.9. The molecule has 1 aromatic heterocycles. The number of rotatable bonds is 4. The molecule has 27 heavy (non-hydrogen) atoms. The van der Waals surface area contributed by atoms with Crippen molar-refractivity contribution in [2.24, 2.45) is 0 Å². The van der Waals surface area contributed by atoms with Gasteiger partial charge >= 0.3 is 23.0 Å². The zero-order valence-corrected chi connectivity index (χ0v) is 15.9. The van der Waals surface area contributed by atoms with Crippen molar-refractivity contribution in [3.05, 3.63) is 102 Å². The van der Waals surface area contributed by atoms with E-state index in [0.717, 1.165) is 16.7 Å². The molecule has 0 aliphatic rings. The van der Waals surface area contributed by atoms with Crippen molar-refractivity contribution in [2.45, 2.75) is 13.5 Å². The van der Waals surface area contributed by atoms with E-state index in [1.807, 2.05) is 85.8 Å². The average Bonchev–Trinajstić information content (AvgIpc) is 3.44. The first kappa shape index (κ1) is 20.4. The Kier molecular flexibility index (Phi) is 7.80. The fourth-order valence-corrected chi connectivity index (χ4v) is 2.28. The summed E-state index contributed by atoms with van der Waals surface area (Å²) in [7, 11) is 0. The number of aryl methyl sites for hydroxylation is 1. The quantitative estimate of drug-likeness (QED) is 0.270. The van der Waals surface area contributed by atoms with Gasteiger partial charge in [0.1, 0.15) is 0 Å². The monoisotopic (exact) mass is 401 g/mol. The second-order valence-electron chi connectivity index (χ2n) is 5.77. The summed E-state index contributed by atoms with van der Waals surface area (Å²) in [6, 6.07) is 27.0. The van der Waals surface area contributed by atoms with E-state index < -0.39 is 5.97 Å². The van der Waals surface area contributed by atoms with Gasteiger partial charge in [0, 0.05) is 11.6 Å². The molecular weight excluding hydrogens is 382 g/mol. The standard InChI is InChI=1S/C17H14NO3.C5H5.Fe/c1-12-6-8-14(9-7-12)16-10-15(18-21-16)17(19)20-11-13-4-2-3-5-13;1-2-4-5-3-1;/h2-10H,11H2,1H3;1-5H;/q2*-1;+2. The van der Waals surface area contributed by atoms with Crippen molar-refractivity contribution < 1.29 is 31.1 Å². The van der Waals surface area contributed by atoms with Crippen molar-refractivity contribution in [2.75, 3.05) is 0 Å². The third kappa shape index (κ3) is 6.10. The molecule has 0 radical (unpaired) electrons. The minimum Gasteiger partial charge on any atom is -0.469 e. The van der Waals surface area contributed by atoms with Crippen LogP contribution in [0, 0.1) is 6.92 Å². The van der Waals surface area contributed by atoms with Crippen LogP contribution in [0.25, 0.3) is 11.3 Å². The molecule has 138 valence electrons. The number of hydrogen-bond donors (Lipinski definition) is 0. The van der Waals surface area contributed by atoms with Crippen molar-refractivity contribution >= 4 is 5.97 Å². The van der Waals surface area contributed by atoms with Crippen LogP contribution in [0.5, 0.6) is 0 Å². The van der Waals surface area contributed by atoms with Crippen molar-refractivity contribution in [3.8, 4) is 11.3 Å². The molecule has 3 aromatic carbocycles. The average molecular weight is 401 g/mol. The van der Waals surface area contributed by atoms with Gasteiger partial charge in [-0.05, 0) is 6.92 Å². The second-order valence-corrected chi connectivity index (χ2v) is 5.77. The van der Waals surface area contributed by atoms with Crippen LogP contribution < -0.4 is 0 Å². The van der Waals surface area contributed by atoms with E-state index >= 15 is 0 Å². The number of carbonyl (C=O) groups is 1. The maximum absolute atomic E-state index is 11.9. The summed E-state index contributed by atoms with van der Waals surface area (Å²) in [5, 5.41) is 3.77. The van der Waals surface area contributed by atoms with Gasteiger partial charge in [0.15, 0.2) is 11.5 Å². The number of benzene rings is 1. The molecule has 0 bridgehead atoms. The predicted molar refractivity (Wildman–Crippen MR) is 99.9 cm³/mol. The molecule has 5 heteroatoms. The van der Waals surface area contributed by atoms with Crippen molar-refractivity contribution in [1.82, 2.24) is 5.16 Å². The second kappa shape index (κ2) is 10.3. The summed E-state index contributed by atoms with van der Waals surface area (Å²) < 4.78 is 10.4. The SMILES string of the molecule is Cc1ccc(-c2cc(C(=O)OC[c-]3cccc3)no2)cc1.[Fe+2].c1cc[cH-]c1. The molecule has 0 aliphatic heterocycles. The Labute approximate surface area is 169 Å². The van der Waals surface area contributed by atoms with Crippen LogP contribution >= 0.6 is 0 Å². The molecule has 0 saturated heterocycles. The molecule has 0 N–H and O–H groups in total. The number of hydrogen-bond acceptors (Lipinski definition) is 4. The normalized spacial score (nSPS) is 9.67. The maximum Gasteiger partial charge on any atom is 2.00 e. The molecule has 0 amide bonds. The van der Waals surface area contributed by atoms with Crippen LogP contribution in [-0.4, -0.2) is 11.1 Å². The van der Waals surface area contributed by atoms with E-state index in [0.29, 0.717) is 5.76 Å². The van der Waals surface area contributed by atoms with Gasteiger partial charge in [-0.2, -0.15) is 30.3 Å². The number of esters is 1. The van der Waals surface area contributed by atoms with E-state index in [-0.39, 0.29) is 29.4 Å². The van der Waals surface area contributed by atoms with Gasteiger partial charge in [0.05, 0.1) is 6.61 Å². The molecule has 4 nitrogen and oxygen atoms in total. The summed E-state index contributed by atoms with van der Waals surface area (Å²) in [5.74, 6) is 0.0635. The minimum absolute atomic E-state index is 0. The van der Waals surface area contributed by atoms with Gasteiger partial charge in [-0.1, -0.05) is 35.0 Å². The van der Waals surface area contributed by atoms with Crippen LogP contribution in [0.15, 0.2) is 89.5 Å². The number of aromatic nitrogens is 1. The van der Waals surface area contributed by atoms with E-state index in [1.165, 1.54) is 0 Å². The van der Waals surface area contributed by atoms with Crippen LogP contribution in [0.2, 0.25) is 0 Å². The first-order chi connectivity index (χ1) is 12.7. The van der Waals surface area contributed by atoms with E-state index in [1.54, 1.807) is 6.07 Å². The van der Waals surface area contributed by atoms with Crippen molar-refractivity contribution in [3.63, 3.8) is 0 Å². The summed E-state index contributed by atoms with van der Waals surface area (Å²) in [5.41, 5.74) is 3.17. The predicted octanol–water partition coefficient (Wildman–Crippen LogP) is 5.13. The number of ether oxygens (including phenoxy) is 1. The van der Waals surface area contributed by atoms with E-state index in [9.17, 15) is 4.79 Å². The smallest absolute Gasteiger partial charge is 0.469 e. The number of nitrogens with zero attached hydrogens (tertiary/aromatic N) is 1. The first-order valence-electron chi connectivity index (χ1n) is 8.30. The third-order valence-electron chi connectivity index (χ3n) is 3.71. The number of carbonyl (C=O) groups excluding carboxylic acids is 1. The van der Waals surface area contributed by atoms with Gasteiger partial charge < -0.3 is 9.26 Å². The zero-order chi connectivity index (χ0) is 18.2. The largest absolute Gasteiger partial charge is 2.00 e. The fourth-order valence-electron chi connectivity index (χ4n) is 2.28. The summed E-state index contributed by atoms with van der Waals surface area (Å²) in [6.07, 6.45) is 0. The Balaban J connectivity index is 0.000000379. The van der Waals surface area contributed by atoms with Crippen LogP contribution in [0.4, 0.5) is 0 Å². The van der Waals surface area contributed by atoms with Crippen LogP contribution in [-0.2, 0) is 28.4 Å². The Morgan fingerprint density at radius 2 is 1.78 bits per heavy atom. The Hall–Kier alpha value is -2.88. The minimum atomic E-state index is -0.488. The molecular formula is C22H19FeNO3. The van der Waals surface area contributed by atoms with Crippen molar-refractivity contribution in [1.29, 1.82) is 0 Å². The molecule has 0 spiro atoms. The topological polar surface area (TPSA) is 52.3 Å². The van der Waals surface area contributed by atoms with Gasteiger partial charge in [-0.25, -0.2) is 29.1 Å². The molecule has 0 aliphatic carbocycles. The fraction of sp³-hybridized carbons (Fsp3) is 0.0909. The molecule has 0 atom stereocenters. The maximum atomic E-state index is 11.9. The Morgan fingerprint density at radius 3 is 2.37 bits per heavy atom. The Morgan fingerprint density at radius 1 is 1.11 bits per heavy atom. The Bertz CT molecular complexity index is 890. The first-order valence-corrected chi connectivity index (χ1v) is 8.30. The third-order valence-corrected chi connectivity index (χ3v) is 3.71.